The van der Waals surface area contributed by atoms with Gasteiger partial charge in [0.05, 0.1) is 5.60 Å². The van der Waals surface area contributed by atoms with Crippen molar-refractivity contribution in [3.05, 3.63) is 34.6 Å². The molecule has 18 heavy (non-hydrogen) atoms. The standard InChI is InChI=1S/C14H18ClFO2/c1-18-14(7-3-2-4-8-14)13(17)11-9-10(16)5-6-12(11)15/h5-6,9,13,17H,2-4,7-8H2,1H3. The molecule has 0 saturated heterocycles. The van der Waals surface area contributed by atoms with Gasteiger partial charge in [0.1, 0.15) is 11.9 Å². The monoisotopic (exact) mass is 272 g/mol. The zero-order chi connectivity index (χ0) is 13.2. The van der Waals surface area contributed by atoms with Crippen molar-refractivity contribution in [3.63, 3.8) is 0 Å². The highest BCUT2D eigenvalue weighted by atomic mass is 35.5. The summed E-state index contributed by atoms with van der Waals surface area (Å²) in [5.41, 5.74) is -0.212. The average Bonchev–Trinajstić information content (AvgIpc) is 2.41. The number of methoxy groups -OCH3 is 1. The van der Waals surface area contributed by atoms with E-state index in [0.717, 1.165) is 32.1 Å². The second-order valence-electron chi connectivity index (χ2n) is 4.90. The molecule has 1 fully saturated rings. The van der Waals surface area contributed by atoms with E-state index in [1.807, 2.05) is 0 Å². The third-order valence-corrected chi connectivity index (χ3v) is 4.20. The molecule has 2 rings (SSSR count). The molecule has 0 amide bonds. The van der Waals surface area contributed by atoms with Gasteiger partial charge in [0.2, 0.25) is 0 Å². The Labute approximate surface area is 112 Å². The van der Waals surface area contributed by atoms with Gasteiger partial charge in [0, 0.05) is 17.7 Å². The minimum Gasteiger partial charge on any atom is -0.385 e. The molecule has 1 aromatic carbocycles. The maximum atomic E-state index is 13.3. The average molecular weight is 273 g/mol. The van der Waals surface area contributed by atoms with Crippen LogP contribution in [0.5, 0.6) is 0 Å². The molecule has 0 spiro atoms. The molecule has 2 nitrogen and oxygen atoms in total. The molecular weight excluding hydrogens is 255 g/mol. The minimum absolute atomic E-state index is 0.380. The van der Waals surface area contributed by atoms with Crippen LogP contribution in [-0.2, 0) is 4.74 Å². The van der Waals surface area contributed by atoms with Crippen LogP contribution in [0.25, 0.3) is 0 Å². The van der Waals surface area contributed by atoms with Gasteiger partial charge in [-0.1, -0.05) is 30.9 Å². The number of halogens is 2. The fourth-order valence-corrected chi connectivity index (χ4v) is 2.97. The summed E-state index contributed by atoms with van der Waals surface area (Å²) >= 11 is 6.05. The molecule has 0 aromatic heterocycles. The first kappa shape index (κ1) is 13.8. The van der Waals surface area contributed by atoms with Gasteiger partial charge >= 0.3 is 0 Å². The van der Waals surface area contributed by atoms with Crippen molar-refractivity contribution in [2.45, 2.75) is 43.8 Å². The highest BCUT2D eigenvalue weighted by molar-refractivity contribution is 6.31. The summed E-state index contributed by atoms with van der Waals surface area (Å²) < 4.78 is 18.9. The third kappa shape index (κ3) is 2.53. The summed E-state index contributed by atoms with van der Waals surface area (Å²) in [5, 5.41) is 10.9. The second-order valence-corrected chi connectivity index (χ2v) is 5.31. The van der Waals surface area contributed by atoms with Gasteiger partial charge in [-0.25, -0.2) is 4.39 Å². The number of benzene rings is 1. The van der Waals surface area contributed by atoms with Crippen LogP contribution in [0.15, 0.2) is 18.2 Å². The predicted molar refractivity (Wildman–Crippen MR) is 69.2 cm³/mol. The normalized spacial score (nSPS) is 20.7. The summed E-state index contributed by atoms with van der Waals surface area (Å²) in [6.45, 7) is 0. The molecule has 1 aliphatic carbocycles. The summed E-state index contributed by atoms with van der Waals surface area (Å²) in [4.78, 5) is 0. The lowest BCUT2D eigenvalue weighted by Crippen LogP contribution is -2.40. The SMILES string of the molecule is COC1(C(O)c2cc(F)ccc2Cl)CCCCC1. The molecular formula is C14H18ClFO2. The summed E-state index contributed by atoms with van der Waals surface area (Å²) in [7, 11) is 1.60. The van der Waals surface area contributed by atoms with E-state index < -0.39 is 17.5 Å². The number of ether oxygens (including phenoxy) is 1. The molecule has 4 heteroatoms. The van der Waals surface area contributed by atoms with Crippen LogP contribution >= 0.6 is 11.6 Å². The molecule has 1 aromatic rings. The van der Waals surface area contributed by atoms with E-state index in [-0.39, 0.29) is 0 Å². The Morgan fingerprint density at radius 2 is 2.00 bits per heavy atom. The Balaban J connectivity index is 2.33. The highest BCUT2D eigenvalue weighted by Crippen LogP contribution is 2.42. The smallest absolute Gasteiger partial charge is 0.123 e. The number of rotatable bonds is 3. The summed E-state index contributed by atoms with van der Waals surface area (Å²) in [6, 6.07) is 4.06. The molecule has 0 aliphatic heterocycles. The summed E-state index contributed by atoms with van der Waals surface area (Å²) in [5.74, 6) is -0.393. The van der Waals surface area contributed by atoms with E-state index in [0.29, 0.717) is 10.6 Å². The van der Waals surface area contributed by atoms with Crippen LogP contribution in [0.3, 0.4) is 0 Å². The fraction of sp³-hybridized carbons (Fsp3) is 0.571. The summed E-state index contributed by atoms with van der Waals surface area (Å²) in [6.07, 6.45) is 3.84. The third-order valence-electron chi connectivity index (χ3n) is 3.86. The molecule has 1 aliphatic rings. The van der Waals surface area contributed by atoms with Gasteiger partial charge in [0.15, 0.2) is 0 Å². The quantitative estimate of drug-likeness (QED) is 0.905. The lowest BCUT2D eigenvalue weighted by molar-refractivity contribution is -0.125. The van der Waals surface area contributed by atoms with Crippen LogP contribution in [0, 0.1) is 5.82 Å². The number of hydrogen-bond acceptors (Lipinski definition) is 2. The van der Waals surface area contributed by atoms with Gasteiger partial charge in [-0.3, -0.25) is 0 Å². The first-order valence-corrected chi connectivity index (χ1v) is 6.65. The van der Waals surface area contributed by atoms with Gasteiger partial charge < -0.3 is 9.84 Å². The minimum atomic E-state index is -0.883. The van der Waals surface area contributed by atoms with Gasteiger partial charge in [-0.05, 0) is 31.0 Å². The Morgan fingerprint density at radius 1 is 1.33 bits per heavy atom. The first-order chi connectivity index (χ1) is 8.59. The second kappa shape index (κ2) is 5.55. The van der Waals surface area contributed by atoms with E-state index in [9.17, 15) is 9.50 Å². The number of hydrogen-bond donors (Lipinski definition) is 1. The molecule has 100 valence electrons. The molecule has 1 atom stereocenters. The lowest BCUT2D eigenvalue weighted by atomic mass is 9.78. The Kier molecular flexibility index (Phi) is 4.25. The molecule has 0 heterocycles. The zero-order valence-electron chi connectivity index (χ0n) is 10.5. The molecule has 0 radical (unpaired) electrons. The van der Waals surface area contributed by atoms with Gasteiger partial charge in [-0.2, -0.15) is 0 Å². The van der Waals surface area contributed by atoms with Crippen molar-refractivity contribution in [1.82, 2.24) is 0 Å². The molecule has 1 saturated carbocycles. The molecule has 0 bridgehead atoms. The largest absolute Gasteiger partial charge is 0.385 e. The van der Waals surface area contributed by atoms with Gasteiger partial charge in [0.25, 0.3) is 0 Å². The number of aliphatic hydroxyl groups excluding tert-OH is 1. The highest BCUT2D eigenvalue weighted by Gasteiger charge is 2.40. The Hall–Kier alpha value is -0.640. The van der Waals surface area contributed by atoms with Crippen LogP contribution < -0.4 is 0 Å². The van der Waals surface area contributed by atoms with Crippen molar-refractivity contribution >= 4 is 11.6 Å². The maximum Gasteiger partial charge on any atom is 0.123 e. The van der Waals surface area contributed by atoms with Crippen LogP contribution in [0.2, 0.25) is 5.02 Å². The maximum absolute atomic E-state index is 13.3. The van der Waals surface area contributed by atoms with Crippen molar-refractivity contribution in [2.75, 3.05) is 7.11 Å². The first-order valence-electron chi connectivity index (χ1n) is 6.27. The van der Waals surface area contributed by atoms with E-state index in [1.54, 1.807) is 7.11 Å². The topological polar surface area (TPSA) is 29.5 Å². The van der Waals surface area contributed by atoms with E-state index in [2.05, 4.69) is 0 Å². The van der Waals surface area contributed by atoms with Crippen LogP contribution in [-0.4, -0.2) is 17.8 Å². The van der Waals surface area contributed by atoms with Crippen molar-refractivity contribution in [2.24, 2.45) is 0 Å². The number of aliphatic hydroxyl groups is 1. The Morgan fingerprint density at radius 3 is 2.61 bits per heavy atom. The van der Waals surface area contributed by atoms with Crippen molar-refractivity contribution in [1.29, 1.82) is 0 Å². The molecule has 1 N–H and O–H groups in total. The van der Waals surface area contributed by atoms with Gasteiger partial charge in [-0.15, -0.1) is 0 Å². The van der Waals surface area contributed by atoms with E-state index >= 15 is 0 Å². The zero-order valence-corrected chi connectivity index (χ0v) is 11.2. The predicted octanol–water partition coefficient (Wildman–Crippen LogP) is 3.86. The van der Waals surface area contributed by atoms with Crippen molar-refractivity contribution < 1.29 is 14.2 Å². The molecule has 1 unspecified atom stereocenters. The Bertz CT molecular complexity index is 416. The lowest BCUT2D eigenvalue weighted by Gasteiger charge is -2.40. The van der Waals surface area contributed by atoms with Crippen LogP contribution in [0.4, 0.5) is 4.39 Å². The van der Waals surface area contributed by atoms with Crippen molar-refractivity contribution in [3.8, 4) is 0 Å². The fourth-order valence-electron chi connectivity index (χ4n) is 2.75. The van der Waals surface area contributed by atoms with E-state index in [1.165, 1.54) is 18.2 Å². The van der Waals surface area contributed by atoms with Crippen LogP contribution in [0.1, 0.15) is 43.8 Å². The van der Waals surface area contributed by atoms with E-state index in [4.69, 9.17) is 16.3 Å².